The molecule has 1 aliphatic rings. The predicted octanol–water partition coefficient (Wildman–Crippen LogP) is 2.01. The van der Waals surface area contributed by atoms with Gasteiger partial charge in [0.25, 0.3) is 5.56 Å². The molecular weight excluding hydrogens is 232 g/mol. The van der Waals surface area contributed by atoms with Crippen LogP contribution in [0.25, 0.3) is 0 Å². The van der Waals surface area contributed by atoms with Crippen LogP contribution in [0.15, 0.2) is 4.79 Å². The highest BCUT2D eigenvalue weighted by Gasteiger charge is 2.38. The number of nitrogens with one attached hydrogen (secondary N) is 1. The molecule has 1 aromatic rings. The smallest absolute Gasteiger partial charge is 0.258 e. The van der Waals surface area contributed by atoms with E-state index < -0.39 is 5.60 Å². The van der Waals surface area contributed by atoms with E-state index in [0.29, 0.717) is 11.4 Å². The van der Waals surface area contributed by atoms with Gasteiger partial charge in [0.2, 0.25) is 5.88 Å². The zero-order valence-corrected chi connectivity index (χ0v) is 11.1. The summed E-state index contributed by atoms with van der Waals surface area (Å²) in [5.74, 6) is 0.221. The van der Waals surface area contributed by atoms with Crippen molar-refractivity contribution in [1.82, 2.24) is 9.97 Å². The Bertz CT molecular complexity index is 487. The van der Waals surface area contributed by atoms with Gasteiger partial charge in [-0.25, -0.2) is 0 Å². The number of ether oxygens (including phenoxy) is 1. The molecule has 5 heteroatoms. The summed E-state index contributed by atoms with van der Waals surface area (Å²) in [5.41, 5.74) is -0.467. The van der Waals surface area contributed by atoms with Gasteiger partial charge in [-0.1, -0.05) is 13.8 Å². The van der Waals surface area contributed by atoms with E-state index in [0.717, 1.165) is 25.7 Å². The van der Waals surface area contributed by atoms with Gasteiger partial charge in [-0.05, 0) is 31.6 Å². The maximum Gasteiger partial charge on any atom is 0.258 e. The number of nitrogens with zero attached hydrogens (tertiary/aromatic N) is 1. The van der Waals surface area contributed by atoms with Crippen molar-refractivity contribution in [2.45, 2.75) is 51.0 Å². The zero-order chi connectivity index (χ0) is 13.3. The Hall–Kier alpha value is -1.36. The van der Waals surface area contributed by atoms with E-state index in [1.54, 1.807) is 7.11 Å². The first-order valence-electron chi connectivity index (χ1n) is 6.39. The molecule has 0 spiro atoms. The van der Waals surface area contributed by atoms with Crippen molar-refractivity contribution in [3.63, 3.8) is 0 Å². The maximum atomic E-state index is 12.0. The summed E-state index contributed by atoms with van der Waals surface area (Å²) in [4.78, 5) is 18.9. The van der Waals surface area contributed by atoms with Crippen LogP contribution < -0.4 is 5.56 Å². The number of hydrogen-bond acceptors (Lipinski definition) is 4. The van der Waals surface area contributed by atoms with Gasteiger partial charge in [0.15, 0.2) is 0 Å². The van der Waals surface area contributed by atoms with Crippen LogP contribution in [0.2, 0.25) is 0 Å². The van der Waals surface area contributed by atoms with E-state index in [2.05, 4.69) is 9.97 Å². The van der Waals surface area contributed by atoms with Crippen molar-refractivity contribution in [3.8, 4) is 5.88 Å². The van der Waals surface area contributed by atoms with Crippen molar-refractivity contribution in [1.29, 1.82) is 0 Å². The largest absolute Gasteiger partial charge is 0.493 e. The standard InChI is InChI=1S/C13H20N2O3/c1-8(2)9-10(16)14-12(15-11(9)17)13(18-3)6-4-5-7-13/h8H,4-7H2,1-3H3,(H2,14,15,16,17). The number of aromatic hydroxyl groups is 1. The minimum Gasteiger partial charge on any atom is -0.493 e. The van der Waals surface area contributed by atoms with Gasteiger partial charge >= 0.3 is 0 Å². The Labute approximate surface area is 106 Å². The van der Waals surface area contributed by atoms with Crippen LogP contribution in [0.5, 0.6) is 5.88 Å². The zero-order valence-electron chi connectivity index (χ0n) is 11.1. The molecule has 1 saturated carbocycles. The number of aromatic amines is 1. The fourth-order valence-electron chi connectivity index (χ4n) is 2.69. The minimum absolute atomic E-state index is 0.0580. The van der Waals surface area contributed by atoms with Crippen LogP contribution in [0, 0.1) is 0 Å². The molecule has 100 valence electrons. The molecule has 1 aliphatic carbocycles. The summed E-state index contributed by atoms with van der Waals surface area (Å²) < 4.78 is 5.55. The van der Waals surface area contributed by atoms with Crippen LogP contribution in [0.1, 0.15) is 56.8 Å². The van der Waals surface area contributed by atoms with Crippen LogP contribution in [0.3, 0.4) is 0 Å². The van der Waals surface area contributed by atoms with Gasteiger partial charge < -0.3 is 14.8 Å². The monoisotopic (exact) mass is 252 g/mol. The van der Waals surface area contributed by atoms with E-state index in [-0.39, 0.29) is 17.4 Å². The summed E-state index contributed by atoms with van der Waals surface area (Å²) in [7, 11) is 1.62. The van der Waals surface area contributed by atoms with Crippen LogP contribution in [-0.4, -0.2) is 22.2 Å². The second-order valence-corrected chi connectivity index (χ2v) is 5.21. The molecule has 0 atom stereocenters. The average molecular weight is 252 g/mol. The van der Waals surface area contributed by atoms with Crippen LogP contribution in [-0.2, 0) is 10.3 Å². The molecule has 0 saturated heterocycles. The van der Waals surface area contributed by atoms with E-state index >= 15 is 0 Å². The highest BCUT2D eigenvalue weighted by Crippen LogP contribution is 2.40. The van der Waals surface area contributed by atoms with Crippen LogP contribution >= 0.6 is 0 Å². The molecule has 0 unspecified atom stereocenters. The molecule has 0 amide bonds. The Morgan fingerprint density at radius 1 is 1.39 bits per heavy atom. The second kappa shape index (κ2) is 4.72. The maximum absolute atomic E-state index is 12.0. The fourth-order valence-corrected chi connectivity index (χ4v) is 2.69. The lowest BCUT2D eigenvalue weighted by Gasteiger charge is -2.26. The highest BCUT2D eigenvalue weighted by molar-refractivity contribution is 5.27. The van der Waals surface area contributed by atoms with Gasteiger partial charge in [-0.3, -0.25) is 4.79 Å². The SMILES string of the molecule is COC1(c2nc(O)c(C(C)C)c(=O)[nH]2)CCCC1. The molecule has 0 aliphatic heterocycles. The molecule has 0 aromatic carbocycles. The predicted molar refractivity (Wildman–Crippen MR) is 67.8 cm³/mol. The molecule has 1 fully saturated rings. The van der Waals surface area contributed by atoms with Crippen molar-refractivity contribution in [3.05, 3.63) is 21.7 Å². The lowest BCUT2D eigenvalue weighted by molar-refractivity contribution is -0.0169. The van der Waals surface area contributed by atoms with E-state index in [9.17, 15) is 9.90 Å². The molecular formula is C13H20N2O3. The van der Waals surface area contributed by atoms with Crippen molar-refractivity contribution in [2.24, 2.45) is 0 Å². The first kappa shape index (κ1) is 13.1. The number of hydrogen-bond donors (Lipinski definition) is 2. The van der Waals surface area contributed by atoms with E-state index in [1.807, 2.05) is 13.8 Å². The Kier molecular flexibility index (Phi) is 3.43. The summed E-state index contributed by atoms with van der Waals surface area (Å²) in [5, 5.41) is 9.93. The Balaban J connectivity index is 2.51. The van der Waals surface area contributed by atoms with E-state index in [4.69, 9.17) is 4.74 Å². The molecule has 1 heterocycles. The second-order valence-electron chi connectivity index (χ2n) is 5.21. The van der Waals surface area contributed by atoms with Gasteiger partial charge in [-0.15, -0.1) is 0 Å². The molecule has 18 heavy (non-hydrogen) atoms. The minimum atomic E-state index is -0.536. The van der Waals surface area contributed by atoms with Gasteiger partial charge in [-0.2, -0.15) is 4.98 Å². The first-order chi connectivity index (χ1) is 8.50. The molecule has 2 rings (SSSR count). The molecule has 1 aromatic heterocycles. The topological polar surface area (TPSA) is 75.2 Å². The summed E-state index contributed by atoms with van der Waals surface area (Å²) in [6.07, 6.45) is 3.74. The highest BCUT2D eigenvalue weighted by atomic mass is 16.5. The third-order valence-electron chi connectivity index (χ3n) is 3.75. The van der Waals surface area contributed by atoms with E-state index in [1.165, 1.54) is 0 Å². The number of methoxy groups -OCH3 is 1. The van der Waals surface area contributed by atoms with Crippen molar-refractivity contribution in [2.75, 3.05) is 7.11 Å². The fraction of sp³-hybridized carbons (Fsp3) is 0.692. The average Bonchev–Trinajstić information content (AvgIpc) is 2.77. The Morgan fingerprint density at radius 2 is 2.00 bits per heavy atom. The lowest BCUT2D eigenvalue weighted by Crippen LogP contribution is -2.31. The quantitative estimate of drug-likeness (QED) is 0.863. The van der Waals surface area contributed by atoms with Gasteiger partial charge in [0.1, 0.15) is 11.4 Å². The van der Waals surface area contributed by atoms with Gasteiger partial charge in [0, 0.05) is 7.11 Å². The normalized spacial score (nSPS) is 18.4. The third-order valence-corrected chi connectivity index (χ3v) is 3.75. The lowest BCUT2D eigenvalue weighted by atomic mass is 10.00. The number of H-pyrrole nitrogens is 1. The van der Waals surface area contributed by atoms with Crippen molar-refractivity contribution >= 4 is 0 Å². The third kappa shape index (κ3) is 2.03. The Morgan fingerprint density at radius 3 is 2.44 bits per heavy atom. The number of aromatic nitrogens is 2. The van der Waals surface area contributed by atoms with Crippen molar-refractivity contribution < 1.29 is 9.84 Å². The van der Waals surface area contributed by atoms with Gasteiger partial charge in [0.05, 0.1) is 5.56 Å². The molecule has 5 nitrogen and oxygen atoms in total. The molecule has 2 N–H and O–H groups in total. The molecule has 0 bridgehead atoms. The number of rotatable bonds is 3. The van der Waals surface area contributed by atoms with Crippen LogP contribution in [0.4, 0.5) is 0 Å². The summed E-state index contributed by atoms with van der Waals surface area (Å²) in [6.45, 7) is 3.71. The molecule has 0 radical (unpaired) electrons. The first-order valence-corrected chi connectivity index (χ1v) is 6.39. The summed E-state index contributed by atoms with van der Waals surface area (Å²) >= 11 is 0. The summed E-state index contributed by atoms with van der Waals surface area (Å²) in [6, 6.07) is 0.